The van der Waals surface area contributed by atoms with Gasteiger partial charge in [-0.15, -0.1) is 0 Å². The average Bonchev–Trinajstić information content (AvgIpc) is 2.92. The molecule has 22 heavy (non-hydrogen) atoms. The molecule has 3 rings (SSSR count). The predicted octanol–water partition coefficient (Wildman–Crippen LogP) is 3.73. The van der Waals surface area contributed by atoms with E-state index in [1.807, 2.05) is 18.5 Å². The van der Waals surface area contributed by atoms with Crippen LogP contribution in [0.15, 0.2) is 24.5 Å². The molecule has 2 unspecified atom stereocenters. The molecular weight excluding hydrogens is 272 g/mol. The molecule has 2 atom stereocenters. The Hall–Kier alpha value is -1.97. The first-order valence-corrected chi connectivity index (χ1v) is 8.31. The van der Waals surface area contributed by atoms with Gasteiger partial charge in [0.25, 0.3) is 0 Å². The second kappa shape index (κ2) is 6.42. The van der Waals surface area contributed by atoms with E-state index in [0.29, 0.717) is 5.92 Å². The van der Waals surface area contributed by atoms with E-state index in [1.165, 1.54) is 11.3 Å². The van der Waals surface area contributed by atoms with Crippen LogP contribution < -0.4 is 5.32 Å². The quantitative estimate of drug-likeness (QED) is 0.913. The number of rotatable bonds is 5. The summed E-state index contributed by atoms with van der Waals surface area (Å²) < 4.78 is 0. The minimum Gasteiger partial charge on any atom is -0.360 e. The maximum absolute atomic E-state index is 4.77. The van der Waals surface area contributed by atoms with Crippen molar-refractivity contribution in [2.45, 2.75) is 52.5 Å². The first kappa shape index (κ1) is 14.9. The summed E-state index contributed by atoms with van der Waals surface area (Å²) in [5.41, 5.74) is 4.62. The normalized spacial score (nSPS) is 20.0. The third kappa shape index (κ3) is 2.70. The van der Waals surface area contributed by atoms with Crippen molar-refractivity contribution < 1.29 is 0 Å². The maximum Gasteiger partial charge on any atom is 0.148 e. The smallest absolute Gasteiger partial charge is 0.148 e. The first-order valence-electron chi connectivity index (χ1n) is 8.31. The summed E-state index contributed by atoms with van der Waals surface area (Å²) in [4.78, 5) is 14.0. The number of aromatic nitrogens is 3. The molecule has 0 aromatic carbocycles. The van der Waals surface area contributed by atoms with E-state index in [4.69, 9.17) is 4.98 Å². The Morgan fingerprint density at radius 1 is 1.18 bits per heavy atom. The van der Waals surface area contributed by atoms with Gasteiger partial charge in [0, 0.05) is 12.4 Å². The van der Waals surface area contributed by atoms with Crippen LogP contribution in [0.1, 0.15) is 55.9 Å². The topological polar surface area (TPSA) is 50.7 Å². The van der Waals surface area contributed by atoms with Gasteiger partial charge in [-0.3, -0.25) is 9.97 Å². The van der Waals surface area contributed by atoms with Gasteiger partial charge in [0.2, 0.25) is 0 Å². The zero-order valence-corrected chi connectivity index (χ0v) is 13.6. The van der Waals surface area contributed by atoms with Gasteiger partial charge in [-0.2, -0.15) is 0 Å². The molecular formula is C18H24N4. The highest BCUT2D eigenvalue weighted by molar-refractivity contribution is 5.45. The summed E-state index contributed by atoms with van der Waals surface area (Å²) >= 11 is 0. The standard InChI is InChI=1S/C18H24N4/c1-4-12-10-13-8-7-9-19-16(13)17(12)22-18-15(6-3)20-11-14(5-2)21-18/h7-9,11-12,17H,4-6,10H2,1-3H3,(H,21,22). The van der Waals surface area contributed by atoms with Crippen molar-refractivity contribution in [2.75, 3.05) is 5.32 Å². The van der Waals surface area contributed by atoms with Gasteiger partial charge in [-0.25, -0.2) is 4.98 Å². The van der Waals surface area contributed by atoms with E-state index in [0.717, 1.165) is 42.9 Å². The van der Waals surface area contributed by atoms with Gasteiger partial charge in [0.15, 0.2) is 0 Å². The molecule has 1 N–H and O–H groups in total. The third-order valence-corrected chi connectivity index (χ3v) is 4.59. The average molecular weight is 296 g/mol. The Bertz CT molecular complexity index is 653. The summed E-state index contributed by atoms with van der Waals surface area (Å²) in [6.07, 6.45) is 7.80. The number of hydrogen-bond acceptors (Lipinski definition) is 4. The van der Waals surface area contributed by atoms with Crippen molar-refractivity contribution in [1.82, 2.24) is 15.0 Å². The van der Waals surface area contributed by atoms with Gasteiger partial charge in [-0.1, -0.05) is 33.3 Å². The van der Waals surface area contributed by atoms with Crippen LogP contribution in [0.4, 0.5) is 5.82 Å². The van der Waals surface area contributed by atoms with E-state index < -0.39 is 0 Å². The molecule has 4 nitrogen and oxygen atoms in total. The molecule has 0 saturated carbocycles. The molecule has 0 spiro atoms. The number of nitrogens with zero attached hydrogens (tertiary/aromatic N) is 3. The van der Waals surface area contributed by atoms with E-state index in [1.54, 1.807) is 0 Å². The molecule has 1 aliphatic rings. The monoisotopic (exact) mass is 296 g/mol. The van der Waals surface area contributed by atoms with E-state index in [2.05, 4.69) is 42.1 Å². The summed E-state index contributed by atoms with van der Waals surface area (Å²) in [5.74, 6) is 1.51. The second-order valence-electron chi connectivity index (χ2n) is 5.91. The lowest BCUT2D eigenvalue weighted by Crippen LogP contribution is -2.19. The largest absolute Gasteiger partial charge is 0.360 e. The molecule has 0 radical (unpaired) electrons. The lowest BCUT2D eigenvalue weighted by molar-refractivity contribution is 0.470. The Morgan fingerprint density at radius 3 is 2.77 bits per heavy atom. The van der Waals surface area contributed by atoms with Gasteiger partial charge >= 0.3 is 0 Å². The summed E-state index contributed by atoms with van der Waals surface area (Å²) in [6.45, 7) is 6.49. The van der Waals surface area contributed by atoms with Crippen molar-refractivity contribution in [2.24, 2.45) is 5.92 Å². The van der Waals surface area contributed by atoms with Crippen molar-refractivity contribution in [3.8, 4) is 0 Å². The Morgan fingerprint density at radius 2 is 2.05 bits per heavy atom. The minimum absolute atomic E-state index is 0.243. The van der Waals surface area contributed by atoms with Crippen LogP contribution in [-0.4, -0.2) is 15.0 Å². The predicted molar refractivity (Wildman–Crippen MR) is 88.9 cm³/mol. The van der Waals surface area contributed by atoms with Gasteiger partial charge in [0.1, 0.15) is 5.82 Å². The molecule has 4 heteroatoms. The zero-order chi connectivity index (χ0) is 15.5. The number of hydrogen-bond donors (Lipinski definition) is 1. The minimum atomic E-state index is 0.243. The fourth-order valence-corrected chi connectivity index (χ4v) is 3.24. The molecule has 0 fully saturated rings. The molecule has 2 aromatic heterocycles. The fourth-order valence-electron chi connectivity index (χ4n) is 3.24. The van der Waals surface area contributed by atoms with E-state index in [9.17, 15) is 0 Å². The summed E-state index contributed by atoms with van der Waals surface area (Å²) in [7, 11) is 0. The lowest BCUT2D eigenvalue weighted by Gasteiger charge is -2.22. The molecule has 116 valence electrons. The number of aryl methyl sites for hydroxylation is 2. The molecule has 0 amide bonds. The summed E-state index contributed by atoms with van der Waals surface area (Å²) in [5, 5.41) is 3.66. The molecule has 1 aliphatic carbocycles. The fraction of sp³-hybridized carbons (Fsp3) is 0.500. The van der Waals surface area contributed by atoms with Gasteiger partial charge in [0.05, 0.1) is 23.1 Å². The van der Waals surface area contributed by atoms with Crippen LogP contribution in [0.3, 0.4) is 0 Å². The lowest BCUT2D eigenvalue weighted by atomic mass is 9.99. The van der Waals surface area contributed by atoms with E-state index >= 15 is 0 Å². The number of fused-ring (bicyclic) bond motifs is 1. The highest BCUT2D eigenvalue weighted by Crippen LogP contribution is 2.38. The van der Waals surface area contributed by atoms with Gasteiger partial charge < -0.3 is 5.32 Å². The first-order chi connectivity index (χ1) is 10.8. The second-order valence-corrected chi connectivity index (χ2v) is 5.91. The molecule has 2 heterocycles. The Kier molecular flexibility index (Phi) is 4.36. The molecule has 0 aliphatic heterocycles. The number of nitrogens with one attached hydrogen (secondary N) is 1. The molecule has 0 saturated heterocycles. The van der Waals surface area contributed by atoms with E-state index in [-0.39, 0.29) is 6.04 Å². The SMILES string of the molecule is CCc1cnc(CC)c(NC2c3ncccc3CC2CC)n1. The van der Waals surface area contributed by atoms with Crippen LogP contribution in [0.2, 0.25) is 0 Å². The maximum atomic E-state index is 4.77. The van der Waals surface area contributed by atoms with Crippen molar-refractivity contribution in [3.05, 3.63) is 47.2 Å². The highest BCUT2D eigenvalue weighted by atomic mass is 15.1. The van der Waals surface area contributed by atoms with Crippen molar-refractivity contribution >= 4 is 5.82 Å². The molecule has 0 bridgehead atoms. The number of anilines is 1. The van der Waals surface area contributed by atoms with Crippen molar-refractivity contribution in [3.63, 3.8) is 0 Å². The zero-order valence-electron chi connectivity index (χ0n) is 13.6. The molecule has 2 aromatic rings. The Labute approximate surface area is 132 Å². The highest BCUT2D eigenvalue weighted by Gasteiger charge is 2.33. The number of pyridine rings is 1. The van der Waals surface area contributed by atoms with Crippen LogP contribution in [-0.2, 0) is 19.3 Å². The summed E-state index contributed by atoms with van der Waals surface area (Å²) in [6, 6.07) is 4.47. The van der Waals surface area contributed by atoms with Crippen LogP contribution >= 0.6 is 0 Å². The Balaban J connectivity index is 1.94. The van der Waals surface area contributed by atoms with Crippen molar-refractivity contribution in [1.29, 1.82) is 0 Å². The van der Waals surface area contributed by atoms with Crippen LogP contribution in [0.25, 0.3) is 0 Å². The van der Waals surface area contributed by atoms with Crippen LogP contribution in [0, 0.1) is 5.92 Å². The van der Waals surface area contributed by atoms with Gasteiger partial charge in [-0.05, 0) is 36.8 Å². The van der Waals surface area contributed by atoms with Crippen LogP contribution in [0.5, 0.6) is 0 Å². The third-order valence-electron chi connectivity index (χ3n) is 4.59.